The predicted octanol–water partition coefficient (Wildman–Crippen LogP) is 3.60. The molecule has 0 aliphatic heterocycles. The highest BCUT2D eigenvalue weighted by Crippen LogP contribution is 2.23. The monoisotopic (exact) mass is 277 g/mol. The summed E-state index contributed by atoms with van der Waals surface area (Å²) in [6.45, 7) is 12.6. The van der Waals surface area contributed by atoms with Crippen LogP contribution in [0.15, 0.2) is 12.1 Å². The van der Waals surface area contributed by atoms with Gasteiger partial charge in [-0.1, -0.05) is 19.1 Å². The van der Waals surface area contributed by atoms with E-state index in [0.717, 1.165) is 17.5 Å². The fourth-order valence-electron chi connectivity index (χ4n) is 2.21. The first-order valence-corrected chi connectivity index (χ1v) is 7.41. The Morgan fingerprint density at radius 3 is 2.30 bits per heavy atom. The Balaban J connectivity index is 3.15. The molecule has 20 heavy (non-hydrogen) atoms. The van der Waals surface area contributed by atoms with E-state index < -0.39 is 0 Å². The van der Waals surface area contributed by atoms with Crippen LogP contribution in [-0.4, -0.2) is 18.6 Å². The minimum Gasteiger partial charge on any atom is -0.465 e. The van der Waals surface area contributed by atoms with Gasteiger partial charge in [0.15, 0.2) is 0 Å². The molecule has 0 fully saturated rings. The predicted molar refractivity (Wildman–Crippen MR) is 82.9 cm³/mol. The molecule has 0 bridgehead atoms. The number of hydrogen-bond acceptors (Lipinski definition) is 3. The number of carbonyl (C=O) groups excluding carboxylic acids is 1. The van der Waals surface area contributed by atoms with Gasteiger partial charge in [0.1, 0.15) is 6.04 Å². The van der Waals surface area contributed by atoms with Crippen LogP contribution in [0.25, 0.3) is 0 Å². The molecule has 0 spiro atoms. The second-order valence-electron chi connectivity index (χ2n) is 5.45. The molecule has 1 rings (SSSR count). The number of ether oxygens (including phenoxy) is 1. The van der Waals surface area contributed by atoms with E-state index in [1.807, 2.05) is 13.8 Å². The highest BCUT2D eigenvalue weighted by Gasteiger charge is 2.25. The number of hydrogen-bond donors (Lipinski definition) is 1. The summed E-state index contributed by atoms with van der Waals surface area (Å²) in [7, 11) is 0. The van der Waals surface area contributed by atoms with Crippen LogP contribution in [0.2, 0.25) is 0 Å². The van der Waals surface area contributed by atoms with Crippen molar-refractivity contribution in [2.45, 2.75) is 60.0 Å². The third kappa shape index (κ3) is 4.07. The van der Waals surface area contributed by atoms with Crippen molar-refractivity contribution in [3.8, 4) is 0 Å². The van der Waals surface area contributed by atoms with Gasteiger partial charge in [0.25, 0.3) is 0 Å². The van der Waals surface area contributed by atoms with E-state index >= 15 is 0 Å². The maximum Gasteiger partial charge on any atom is 0.327 e. The fourth-order valence-corrected chi connectivity index (χ4v) is 2.21. The summed E-state index contributed by atoms with van der Waals surface area (Å²) in [5.74, 6) is -0.195. The van der Waals surface area contributed by atoms with Gasteiger partial charge >= 0.3 is 5.97 Å². The summed E-state index contributed by atoms with van der Waals surface area (Å²) in [6.07, 6.45) is 0.972. The zero-order chi connectivity index (χ0) is 15.3. The van der Waals surface area contributed by atoms with E-state index in [1.54, 1.807) is 0 Å². The lowest BCUT2D eigenvalue weighted by atomic mass is 9.95. The van der Waals surface area contributed by atoms with E-state index in [4.69, 9.17) is 4.74 Å². The van der Waals surface area contributed by atoms with Gasteiger partial charge < -0.3 is 4.74 Å². The van der Waals surface area contributed by atoms with E-state index in [9.17, 15) is 4.79 Å². The van der Waals surface area contributed by atoms with Gasteiger partial charge in [0.05, 0.1) is 6.61 Å². The maximum absolute atomic E-state index is 12.3. The fraction of sp³-hybridized carbons (Fsp3) is 0.588. The number of esters is 1. The van der Waals surface area contributed by atoms with Crippen molar-refractivity contribution in [2.24, 2.45) is 0 Å². The molecule has 2 unspecified atom stereocenters. The molecule has 0 aromatic heterocycles. The molecule has 0 saturated carbocycles. The SMILES string of the molecule is CCOC(=O)C(NC(C)CC)c1cc(C)c(C)cc1C. The van der Waals surface area contributed by atoms with Crippen LogP contribution < -0.4 is 5.32 Å². The van der Waals surface area contributed by atoms with Crippen molar-refractivity contribution in [3.05, 3.63) is 34.4 Å². The molecule has 112 valence electrons. The van der Waals surface area contributed by atoms with Gasteiger partial charge in [-0.3, -0.25) is 5.32 Å². The van der Waals surface area contributed by atoms with E-state index in [2.05, 4.69) is 45.1 Å². The standard InChI is InChI=1S/C17H27NO2/c1-7-14(6)18-16(17(19)20-8-2)15-10-12(4)11(3)9-13(15)5/h9-10,14,16,18H,7-8H2,1-6H3. The second kappa shape index (κ2) is 7.44. The Labute approximate surface area is 122 Å². The lowest BCUT2D eigenvalue weighted by Crippen LogP contribution is -2.36. The largest absolute Gasteiger partial charge is 0.465 e. The molecular weight excluding hydrogens is 250 g/mol. The van der Waals surface area contributed by atoms with Crippen molar-refractivity contribution >= 4 is 5.97 Å². The van der Waals surface area contributed by atoms with Gasteiger partial charge in [-0.2, -0.15) is 0 Å². The summed E-state index contributed by atoms with van der Waals surface area (Å²) in [5, 5.41) is 3.38. The van der Waals surface area contributed by atoms with Crippen LogP contribution in [-0.2, 0) is 9.53 Å². The van der Waals surface area contributed by atoms with Crippen LogP contribution in [0.3, 0.4) is 0 Å². The molecule has 0 amide bonds. The van der Waals surface area contributed by atoms with Crippen molar-refractivity contribution in [1.82, 2.24) is 5.32 Å². The number of aryl methyl sites for hydroxylation is 3. The highest BCUT2D eigenvalue weighted by molar-refractivity contribution is 5.78. The molecule has 1 N–H and O–H groups in total. The molecule has 0 aliphatic rings. The zero-order valence-corrected chi connectivity index (χ0v) is 13.5. The van der Waals surface area contributed by atoms with Crippen LogP contribution in [0.5, 0.6) is 0 Å². The first kappa shape index (κ1) is 16.7. The summed E-state index contributed by atoms with van der Waals surface area (Å²) < 4.78 is 5.23. The summed E-state index contributed by atoms with van der Waals surface area (Å²) in [5.41, 5.74) is 4.59. The summed E-state index contributed by atoms with van der Waals surface area (Å²) >= 11 is 0. The van der Waals surface area contributed by atoms with Gasteiger partial charge in [-0.15, -0.1) is 0 Å². The quantitative estimate of drug-likeness (QED) is 0.807. The summed E-state index contributed by atoms with van der Waals surface area (Å²) in [4.78, 5) is 12.3. The van der Waals surface area contributed by atoms with E-state index in [-0.39, 0.29) is 18.1 Å². The molecule has 1 aromatic rings. The minimum atomic E-state index is -0.385. The molecule has 2 atom stereocenters. The second-order valence-corrected chi connectivity index (χ2v) is 5.45. The van der Waals surface area contributed by atoms with Crippen molar-refractivity contribution < 1.29 is 9.53 Å². The number of rotatable bonds is 6. The number of benzene rings is 1. The molecule has 0 aliphatic carbocycles. The molecule has 3 heteroatoms. The average Bonchev–Trinajstić information content (AvgIpc) is 2.40. The topological polar surface area (TPSA) is 38.3 Å². The van der Waals surface area contributed by atoms with Crippen molar-refractivity contribution in [3.63, 3.8) is 0 Å². The third-order valence-electron chi connectivity index (χ3n) is 3.78. The molecule has 1 aromatic carbocycles. The van der Waals surface area contributed by atoms with Gasteiger partial charge in [0, 0.05) is 6.04 Å². The van der Waals surface area contributed by atoms with Crippen LogP contribution in [0, 0.1) is 20.8 Å². The van der Waals surface area contributed by atoms with E-state index in [0.29, 0.717) is 6.61 Å². The Bertz CT molecular complexity index is 468. The van der Waals surface area contributed by atoms with Crippen LogP contribution >= 0.6 is 0 Å². The van der Waals surface area contributed by atoms with Gasteiger partial charge in [-0.25, -0.2) is 4.79 Å². The number of carbonyl (C=O) groups is 1. The lowest BCUT2D eigenvalue weighted by Gasteiger charge is -2.23. The first-order chi connectivity index (χ1) is 9.40. The molecular formula is C17H27NO2. The zero-order valence-electron chi connectivity index (χ0n) is 13.5. The number of nitrogens with one attached hydrogen (secondary N) is 1. The van der Waals surface area contributed by atoms with Crippen LogP contribution in [0.4, 0.5) is 0 Å². The Morgan fingerprint density at radius 2 is 1.75 bits per heavy atom. The third-order valence-corrected chi connectivity index (χ3v) is 3.78. The maximum atomic E-state index is 12.3. The van der Waals surface area contributed by atoms with E-state index in [1.165, 1.54) is 11.1 Å². The molecule has 3 nitrogen and oxygen atoms in total. The highest BCUT2D eigenvalue weighted by atomic mass is 16.5. The average molecular weight is 277 g/mol. The molecule has 0 radical (unpaired) electrons. The smallest absolute Gasteiger partial charge is 0.327 e. The van der Waals surface area contributed by atoms with Crippen molar-refractivity contribution in [1.29, 1.82) is 0 Å². The molecule has 0 heterocycles. The minimum absolute atomic E-state index is 0.195. The Morgan fingerprint density at radius 1 is 1.15 bits per heavy atom. The normalized spacial score (nSPS) is 13.9. The van der Waals surface area contributed by atoms with Crippen molar-refractivity contribution in [2.75, 3.05) is 6.61 Å². The van der Waals surface area contributed by atoms with Gasteiger partial charge in [0.2, 0.25) is 0 Å². The van der Waals surface area contributed by atoms with Crippen LogP contribution in [0.1, 0.15) is 55.5 Å². The lowest BCUT2D eigenvalue weighted by molar-refractivity contribution is -0.146. The van der Waals surface area contributed by atoms with Gasteiger partial charge in [-0.05, 0) is 63.3 Å². The Hall–Kier alpha value is -1.35. The molecule has 0 saturated heterocycles. The first-order valence-electron chi connectivity index (χ1n) is 7.41. The Kier molecular flexibility index (Phi) is 6.21. The summed E-state index contributed by atoms with van der Waals surface area (Å²) in [6, 6.07) is 4.12.